The SMILES string of the molecule is CC(C)C(C)C(C)(N)C1(c2ccc(Cl)cc2)CCC1.Cl. The zero-order valence-electron chi connectivity index (χ0n) is 12.9. The summed E-state index contributed by atoms with van der Waals surface area (Å²) in [6.07, 6.45) is 3.66. The van der Waals surface area contributed by atoms with Gasteiger partial charge in [-0.1, -0.05) is 50.9 Å². The van der Waals surface area contributed by atoms with Crippen LogP contribution in [0, 0.1) is 11.8 Å². The molecule has 2 N–H and O–H groups in total. The number of nitrogens with two attached hydrogens (primary N) is 1. The van der Waals surface area contributed by atoms with Crippen LogP contribution in [-0.2, 0) is 5.41 Å². The van der Waals surface area contributed by atoms with Gasteiger partial charge < -0.3 is 5.73 Å². The van der Waals surface area contributed by atoms with Gasteiger partial charge in [0, 0.05) is 16.0 Å². The Bertz CT molecular complexity index is 433. The normalized spacial score (nSPS) is 21.6. The van der Waals surface area contributed by atoms with Crippen LogP contribution in [-0.4, -0.2) is 5.54 Å². The minimum atomic E-state index is -0.173. The highest BCUT2D eigenvalue weighted by atomic mass is 35.5. The molecule has 2 unspecified atom stereocenters. The van der Waals surface area contributed by atoms with E-state index in [2.05, 4.69) is 39.8 Å². The lowest BCUT2D eigenvalue weighted by molar-refractivity contribution is 0.0617. The second-order valence-corrected chi connectivity index (χ2v) is 7.19. The fourth-order valence-corrected chi connectivity index (χ4v) is 3.69. The third-order valence-electron chi connectivity index (χ3n) is 5.58. The Kier molecular flexibility index (Phi) is 5.57. The molecule has 0 radical (unpaired) electrons. The van der Waals surface area contributed by atoms with Crippen molar-refractivity contribution >= 4 is 24.0 Å². The van der Waals surface area contributed by atoms with Gasteiger partial charge in [0.05, 0.1) is 0 Å². The first-order valence-corrected chi connectivity index (χ1v) is 7.74. The van der Waals surface area contributed by atoms with Gasteiger partial charge in [0.2, 0.25) is 0 Å². The highest BCUT2D eigenvalue weighted by molar-refractivity contribution is 6.30. The molecular weight excluding hydrogens is 289 g/mol. The lowest BCUT2D eigenvalue weighted by Gasteiger charge is -2.57. The maximum Gasteiger partial charge on any atom is 0.0406 e. The van der Waals surface area contributed by atoms with Gasteiger partial charge in [0.15, 0.2) is 0 Å². The third-order valence-corrected chi connectivity index (χ3v) is 5.83. The minimum Gasteiger partial charge on any atom is -0.324 e. The predicted molar refractivity (Wildman–Crippen MR) is 90.8 cm³/mol. The summed E-state index contributed by atoms with van der Waals surface area (Å²) in [5, 5.41) is 0.800. The molecule has 0 saturated heterocycles. The van der Waals surface area contributed by atoms with E-state index in [1.54, 1.807) is 0 Å². The van der Waals surface area contributed by atoms with Crippen LogP contribution in [0.1, 0.15) is 52.5 Å². The van der Waals surface area contributed by atoms with Crippen LogP contribution in [0.5, 0.6) is 0 Å². The second kappa shape index (κ2) is 6.25. The maximum atomic E-state index is 6.84. The summed E-state index contributed by atoms with van der Waals surface area (Å²) >= 11 is 6.02. The Balaban J connectivity index is 0.00000200. The minimum absolute atomic E-state index is 0. The topological polar surface area (TPSA) is 26.0 Å². The van der Waals surface area contributed by atoms with E-state index in [-0.39, 0.29) is 23.4 Å². The molecule has 0 aromatic heterocycles. The van der Waals surface area contributed by atoms with E-state index in [1.807, 2.05) is 12.1 Å². The molecule has 114 valence electrons. The predicted octanol–water partition coefficient (Wildman–Crippen LogP) is 5.19. The van der Waals surface area contributed by atoms with Crippen molar-refractivity contribution in [3.8, 4) is 0 Å². The van der Waals surface area contributed by atoms with Crippen molar-refractivity contribution in [3.05, 3.63) is 34.9 Å². The summed E-state index contributed by atoms with van der Waals surface area (Å²) < 4.78 is 0. The summed E-state index contributed by atoms with van der Waals surface area (Å²) in [4.78, 5) is 0. The first-order chi connectivity index (χ1) is 8.81. The molecule has 1 aliphatic carbocycles. The first-order valence-electron chi connectivity index (χ1n) is 7.36. The monoisotopic (exact) mass is 315 g/mol. The largest absolute Gasteiger partial charge is 0.324 e. The van der Waals surface area contributed by atoms with Gasteiger partial charge in [-0.05, 0) is 49.3 Å². The second-order valence-electron chi connectivity index (χ2n) is 6.76. The zero-order chi connectivity index (χ0) is 14.3. The van der Waals surface area contributed by atoms with Crippen molar-refractivity contribution in [2.45, 2.75) is 57.9 Å². The molecule has 0 spiro atoms. The van der Waals surface area contributed by atoms with Crippen molar-refractivity contribution in [3.63, 3.8) is 0 Å². The van der Waals surface area contributed by atoms with Gasteiger partial charge in [-0.25, -0.2) is 0 Å². The standard InChI is InChI=1S/C17H26ClN.ClH/c1-12(2)13(3)16(4,19)17(10-5-11-17)14-6-8-15(18)9-7-14;/h6-9,12-13H,5,10-11,19H2,1-4H3;1H. The Labute approximate surface area is 134 Å². The maximum absolute atomic E-state index is 6.84. The number of halogens is 2. The molecule has 1 aromatic rings. The van der Waals surface area contributed by atoms with Crippen LogP contribution >= 0.6 is 24.0 Å². The molecule has 1 nitrogen and oxygen atoms in total. The number of rotatable bonds is 4. The molecule has 1 fully saturated rings. The lowest BCUT2D eigenvalue weighted by Crippen LogP contribution is -2.64. The molecule has 1 aliphatic rings. The van der Waals surface area contributed by atoms with Crippen LogP contribution in [0.3, 0.4) is 0 Å². The molecule has 0 amide bonds. The first kappa shape index (κ1) is 17.8. The summed E-state index contributed by atoms with van der Waals surface area (Å²) in [6, 6.07) is 8.32. The molecule has 20 heavy (non-hydrogen) atoms. The van der Waals surface area contributed by atoms with Gasteiger partial charge in [0.1, 0.15) is 0 Å². The Hall–Kier alpha value is -0.240. The van der Waals surface area contributed by atoms with Crippen molar-refractivity contribution in [2.24, 2.45) is 17.6 Å². The summed E-state index contributed by atoms with van der Waals surface area (Å²) in [5.74, 6) is 1.09. The Morgan fingerprint density at radius 1 is 1.15 bits per heavy atom. The van der Waals surface area contributed by atoms with Crippen molar-refractivity contribution < 1.29 is 0 Å². The van der Waals surface area contributed by atoms with E-state index in [0.29, 0.717) is 11.8 Å². The van der Waals surface area contributed by atoms with Crippen LogP contribution in [0.15, 0.2) is 24.3 Å². The molecule has 2 atom stereocenters. The number of hydrogen-bond acceptors (Lipinski definition) is 1. The van der Waals surface area contributed by atoms with E-state index in [4.69, 9.17) is 17.3 Å². The van der Waals surface area contributed by atoms with Crippen LogP contribution in [0.4, 0.5) is 0 Å². The van der Waals surface area contributed by atoms with Gasteiger partial charge in [-0.15, -0.1) is 12.4 Å². The summed E-state index contributed by atoms with van der Waals surface area (Å²) in [7, 11) is 0. The highest BCUT2D eigenvalue weighted by Crippen LogP contribution is 2.53. The summed E-state index contributed by atoms with van der Waals surface area (Å²) in [6.45, 7) is 9.07. The molecule has 3 heteroatoms. The quantitative estimate of drug-likeness (QED) is 0.812. The van der Waals surface area contributed by atoms with E-state index in [1.165, 1.54) is 24.8 Å². The van der Waals surface area contributed by atoms with Gasteiger partial charge >= 0.3 is 0 Å². The van der Waals surface area contributed by atoms with Crippen LogP contribution in [0.25, 0.3) is 0 Å². The van der Waals surface area contributed by atoms with E-state index < -0.39 is 0 Å². The molecule has 1 saturated carbocycles. The van der Waals surface area contributed by atoms with Gasteiger partial charge in [-0.2, -0.15) is 0 Å². The Morgan fingerprint density at radius 3 is 2.00 bits per heavy atom. The molecule has 0 aliphatic heterocycles. The van der Waals surface area contributed by atoms with E-state index in [0.717, 1.165) is 5.02 Å². The van der Waals surface area contributed by atoms with Crippen molar-refractivity contribution in [2.75, 3.05) is 0 Å². The molecule has 0 bridgehead atoms. The number of benzene rings is 1. The highest BCUT2D eigenvalue weighted by Gasteiger charge is 2.53. The lowest BCUT2D eigenvalue weighted by atomic mass is 9.50. The molecule has 1 aromatic carbocycles. The molecular formula is C17H27Cl2N. The fourth-order valence-electron chi connectivity index (χ4n) is 3.57. The average molecular weight is 316 g/mol. The summed E-state index contributed by atoms with van der Waals surface area (Å²) in [5.41, 5.74) is 8.15. The molecule has 0 heterocycles. The van der Waals surface area contributed by atoms with E-state index in [9.17, 15) is 0 Å². The van der Waals surface area contributed by atoms with Crippen molar-refractivity contribution in [1.82, 2.24) is 0 Å². The zero-order valence-corrected chi connectivity index (χ0v) is 14.5. The third kappa shape index (κ3) is 2.73. The van der Waals surface area contributed by atoms with Gasteiger partial charge in [0.25, 0.3) is 0 Å². The number of hydrogen-bond donors (Lipinski definition) is 1. The van der Waals surface area contributed by atoms with Crippen LogP contribution < -0.4 is 5.73 Å². The van der Waals surface area contributed by atoms with Crippen molar-refractivity contribution in [1.29, 1.82) is 0 Å². The van der Waals surface area contributed by atoms with Gasteiger partial charge in [-0.3, -0.25) is 0 Å². The van der Waals surface area contributed by atoms with E-state index >= 15 is 0 Å². The van der Waals surface area contributed by atoms with Crippen LogP contribution in [0.2, 0.25) is 5.02 Å². The Morgan fingerprint density at radius 2 is 1.65 bits per heavy atom. The average Bonchev–Trinajstić information content (AvgIpc) is 2.28. The smallest absolute Gasteiger partial charge is 0.0406 e. The fraction of sp³-hybridized carbons (Fsp3) is 0.647. The molecule has 2 rings (SSSR count).